The highest BCUT2D eigenvalue weighted by Gasteiger charge is 2.18. The number of nitrogens with two attached hydrogens (primary N) is 1. The monoisotopic (exact) mass is 438 g/mol. The summed E-state index contributed by atoms with van der Waals surface area (Å²) in [5.74, 6) is -0.0487. The Morgan fingerprint density at radius 3 is 2.55 bits per heavy atom. The van der Waals surface area contributed by atoms with Crippen molar-refractivity contribution in [3.63, 3.8) is 0 Å². The minimum atomic E-state index is -0.368. The van der Waals surface area contributed by atoms with E-state index in [1.54, 1.807) is 18.3 Å². The molecule has 6 nitrogen and oxygen atoms in total. The second-order valence-electron chi connectivity index (χ2n) is 8.18. The Kier molecular flexibility index (Phi) is 5.37. The number of halogens is 1. The molecule has 1 aliphatic heterocycles. The highest BCUT2D eigenvalue weighted by atomic mass is 19.1. The molecule has 0 bridgehead atoms. The number of nitrogens with one attached hydrogen (secondary N) is 1. The number of rotatable bonds is 3. The van der Waals surface area contributed by atoms with Gasteiger partial charge in [-0.2, -0.15) is 5.26 Å². The lowest BCUT2D eigenvalue weighted by molar-refractivity contribution is 0.589. The molecule has 2 aromatic heterocycles. The van der Waals surface area contributed by atoms with Crippen LogP contribution in [0.5, 0.6) is 0 Å². The maximum Gasteiger partial charge on any atom is 0.131 e. The van der Waals surface area contributed by atoms with Crippen molar-refractivity contribution in [3.8, 4) is 28.5 Å². The van der Waals surface area contributed by atoms with E-state index < -0.39 is 0 Å². The highest BCUT2D eigenvalue weighted by molar-refractivity contribution is 6.04. The first-order valence-corrected chi connectivity index (χ1v) is 10.9. The zero-order valence-electron chi connectivity index (χ0n) is 18.3. The van der Waals surface area contributed by atoms with E-state index in [-0.39, 0.29) is 5.82 Å². The first-order valence-electron chi connectivity index (χ1n) is 10.9. The van der Waals surface area contributed by atoms with Crippen molar-refractivity contribution in [2.45, 2.75) is 6.92 Å². The van der Waals surface area contributed by atoms with Crippen LogP contribution in [0.15, 0.2) is 54.9 Å². The van der Waals surface area contributed by atoms with Crippen LogP contribution in [0.3, 0.4) is 0 Å². The molecule has 0 saturated carbocycles. The third-order valence-electron chi connectivity index (χ3n) is 6.17. The molecule has 0 spiro atoms. The summed E-state index contributed by atoms with van der Waals surface area (Å²) in [4.78, 5) is 11.3. The van der Waals surface area contributed by atoms with Crippen LogP contribution in [0.1, 0.15) is 11.1 Å². The molecule has 5 rings (SSSR count). The largest absolute Gasteiger partial charge is 0.383 e. The van der Waals surface area contributed by atoms with Crippen LogP contribution in [0, 0.1) is 24.1 Å². The molecule has 0 atom stereocenters. The van der Waals surface area contributed by atoms with Crippen LogP contribution in [0.4, 0.5) is 15.9 Å². The summed E-state index contributed by atoms with van der Waals surface area (Å²) in [5.41, 5.74) is 10.8. The fourth-order valence-corrected chi connectivity index (χ4v) is 4.44. The van der Waals surface area contributed by atoms with Crippen molar-refractivity contribution in [1.82, 2.24) is 15.3 Å². The molecule has 0 aliphatic carbocycles. The summed E-state index contributed by atoms with van der Waals surface area (Å²) >= 11 is 0. The first kappa shape index (κ1) is 20.9. The quantitative estimate of drug-likeness (QED) is 0.496. The Bertz CT molecular complexity index is 1360. The van der Waals surface area contributed by atoms with Crippen molar-refractivity contribution in [3.05, 3.63) is 71.8 Å². The number of aromatic nitrogens is 2. The van der Waals surface area contributed by atoms with E-state index in [2.05, 4.69) is 27.3 Å². The Morgan fingerprint density at radius 2 is 1.85 bits per heavy atom. The SMILES string of the molecule is Cc1cccc(F)c1-c1cc2c(-c3ccc(N4CCNCC4)cn3)cnc(N)c2cc1C#N. The van der Waals surface area contributed by atoms with Gasteiger partial charge in [0.15, 0.2) is 0 Å². The number of nitrogen functional groups attached to an aromatic ring is 1. The highest BCUT2D eigenvalue weighted by Crippen LogP contribution is 2.37. The molecule has 7 heteroatoms. The van der Waals surface area contributed by atoms with E-state index in [9.17, 15) is 9.65 Å². The fourth-order valence-electron chi connectivity index (χ4n) is 4.44. The molecule has 33 heavy (non-hydrogen) atoms. The maximum absolute atomic E-state index is 14.8. The second-order valence-corrected chi connectivity index (χ2v) is 8.18. The standard InChI is InChI=1S/C26H23FN6/c1-16-3-2-4-23(27)25(16)19-12-20-21(11-17(19)13-28)26(29)32-15-22(20)24-6-5-18(14-31-24)33-9-7-30-8-10-33/h2-6,11-12,14-15,30H,7-10H2,1H3,(H2,29,32). The smallest absolute Gasteiger partial charge is 0.131 e. The van der Waals surface area contributed by atoms with Crippen LogP contribution < -0.4 is 16.0 Å². The number of nitrogens with zero attached hydrogens (tertiary/aromatic N) is 4. The molecule has 2 aromatic carbocycles. The summed E-state index contributed by atoms with van der Waals surface area (Å²) in [6, 6.07) is 14.7. The molecule has 164 valence electrons. The topological polar surface area (TPSA) is 90.9 Å². The van der Waals surface area contributed by atoms with Gasteiger partial charge in [-0.25, -0.2) is 9.37 Å². The lowest BCUT2D eigenvalue weighted by atomic mass is 9.91. The van der Waals surface area contributed by atoms with Crippen LogP contribution in [0.25, 0.3) is 33.2 Å². The Morgan fingerprint density at radius 1 is 1.03 bits per heavy atom. The van der Waals surface area contributed by atoms with Crippen molar-refractivity contribution in [1.29, 1.82) is 5.26 Å². The van der Waals surface area contributed by atoms with Gasteiger partial charge in [-0.1, -0.05) is 12.1 Å². The third kappa shape index (κ3) is 3.75. The maximum atomic E-state index is 14.8. The number of hydrogen-bond donors (Lipinski definition) is 2. The van der Waals surface area contributed by atoms with Crippen molar-refractivity contribution in [2.24, 2.45) is 0 Å². The van der Waals surface area contributed by atoms with Gasteiger partial charge in [-0.05, 0) is 48.2 Å². The van der Waals surface area contributed by atoms with E-state index in [4.69, 9.17) is 10.7 Å². The number of anilines is 2. The number of aryl methyl sites for hydroxylation is 1. The van der Waals surface area contributed by atoms with Crippen molar-refractivity contribution < 1.29 is 4.39 Å². The van der Waals surface area contributed by atoms with Gasteiger partial charge in [0.25, 0.3) is 0 Å². The molecule has 3 N–H and O–H groups in total. The molecule has 3 heterocycles. The minimum absolute atomic E-state index is 0.319. The fraction of sp³-hybridized carbons (Fsp3) is 0.192. The van der Waals surface area contributed by atoms with Crippen LogP contribution in [0.2, 0.25) is 0 Å². The predicted molar refractivity (Wildman–Crippen MR) is 129 cm³/mol. The van der Waals surface area contributed by atoms with Crippen molar-refractivity contribution >= 4 is 22.3 Å². The van der Waals surface area contributed by atoms with Gasteiger partial charge in [-0.3, -0.25) is 4.98 Å². The second kappa shape index (κ2) is 8.49. The van der Waals surface area contributed by atoms with E-state index in [0.29, 0.717) is 27.9 Å². The normalized spacial score (nSPS) is 13.8. The summed E-state index contributed by atoms with van der Waals surface area (Å²) in [7, 11) is 0. The van der Waals surface area contributed by atoms with Gasteiger partial charge < -0.3 is 16.0 Å². The van der Waals surface area contributed by atoms with E-state index in [1.165, 1.54) is 6.07 Å². The molecular formula is C26H23FN6. The number of pyridine rings is 2. The molecule has 1 saturated heterocycles. The van der Waals surface area contributed by atoms with Gasteiger partial charge >= 0.3 is 0 Å². The van der Waals surface area contributed by atoms with Crippen LogP contribution >= 0.6 is 0 Å². The zero-order valence-corrected chi connectivity index (χ0v) is 18.3. The summed E-state index contributed by atoms with van der Waals surface area (Å²) in [6.07, 6.45) is 3.56. The molecular weight excluding hydrogens is 415 g/mol. The van der Waals surface area contributed by atoms with Crippen LogP contribution in [-0.2, 0) is 0 Å². The number of nitriles is 1. The number of benzene rings is 2. The molecule has 1 fully saturated rings. The first-order chi connectivity index (χ1) is 16.1. The Labute approximate surface area is 191 Å². The third-order valence-corrected chi connectivity index (χ3v) is 6.17. The number of piperazine rings is 1. The number of hydrogen-bond acceptors (Lipinski definition) is 6. The summed E-state index contributed by atoms with van der Waals surface area (Å²) in [5, 5.41) is 14.6. The van der Waals surface area contributed by atoms with Crippen molar-refractivity contribution in [2.75, 3.05) is 36.8 Å². The average Bonchev–Trinajstić information content (AvgIpc) is 2.85. The van der Waals surface area contributed by atoms with E-state index >= 15 is 0 Å². The molecule has 4 aromatic rings. The lowest BCUT2D eigenvalue weighted by Gasteiger charge is -2.29. The van der Waals surface area contributed by atoms with Gasteiger partial charge in [0.1, 0.15) is 11.6 Å². The molecule has 0 amide bonds. The summed E-state index contributed by atoms with van der Waals surface area (Å²) in [6.45, 7) is 5.62. The predicted octanol–water partition coefficient (Wildman–Crippen LogP) is 4.27. The van der Waals surface area contributed by atoms with E-state index in [1.807, 2.05) is 31.3 Å². The van der Waals surface area contributed by atoms with Gasteiger partial charge in [0.05, 0.1) is 29.2 Å². The van der Waals surface area contributed by atoms with Gasteiger partial charge in [-0.15, -0.1) is 0 Å². The molecule has 0 radical (unpaired) electrons. The van der Waals surface area contributed by atoms with Crippen LogP contribution in [-0.4, -0.2) is 36.1 Å². The molecule has 0 unspecified atom stereocenters. The van der Waals surface area contributed by atoms with Gasteiger partial charge in [0.2, 0.25) is 0 Å². The summed E-state index contributed by atoms with van der Waals surface area (Å²) < 4.78 is 14.8. The van der Waals surface area contributed by atoms with E-state index in [0.717, 1.165) is 54.1 Å². The number of fused-ring (bicyclic) bond motifs is 1. The Hall–Kier alpha value is -4.02. The zero-order chi connectivity index (χ0) is 22.9. The minimum Gasteiger partial charge on any atom is -0.383 e. The molecule has 1 aliphatic rings. The average molecular weight is 439 g/mol. The van der Waals surface area contributed by atoms with Gasteiger partial charge in [0, 0.05) is 54.5 Å². The lowest BCUT2D eigenvalue weighted by Crippen LogP contribution is -2.43. The Balaban J connectivity index is 1.67.